The Morgan fingerprint density at radius 2 is 1.91 bits per heavy atom. The number of aliphatic carboxylic acids is 1. The summed E-state index contributed by atoms with van der Waals surface area (Å²) in [6.07, 6.45) is -5.33. The summed E-state index contributed by atoms with van der Waals surface area (Å²) in [7, 11) is -8.26. The Bertz CT molecular complexity index is 1090. The van der Waals surface area contributed by atoms with Crippen LogP contribution in [0.2, 0.25) is 0 Å². The molecule has 1 aliphatic rings. The summed E-state index contributed by atoms with van der Waals surface area (Å²) < 4.78 is 43.3. The molecule has 0 spiro atoms. The first-order valence-corrected chi connectivity index (χ1v) is 12.4. The zero-order chi connectivity index (χ0) is 25.1. The molecule has 17 nitrogen and oxygen atoms in total. The Hall–Kier alpha value is -2.20. The number of phosphoric acid groups is 1. The van der Waals surface area contributed by atoms with E-state index in [2.05, 4.69) is 4.52 Å². The fourth-order valence-electron chi connectivity index (χ4n) is 2.89. The van der Waals surface area contributed by atoms with Crippen molar-refractivity contribution in [3.05, 3.63) is 33.1 Å². The van der Waals surface area contributed by atoms with Crippen molar-refractivity contribution in [2.45, 2.75) is 30.6 Å². The molecule has 186 valence electrons. The van der Waals surface area contributed by atoms with Gasteiger partial charge in [0, 0.05) is 26.0 Å². The highest BCUT2D eigenvalue weighted by molar-refractivity contribution is 7.51. The molecule has 6 N–H and O–H groups in total. The van der Waals surface area contributed by atoms with E-state index in [1.54, 1.807) is 0 Å². The maximum Gasteiger partial charge on any atom is 0.469 e. The number of aromatic nitrogens is 2. The molecule has 0 saturated carbocycles. The molecule has 0 aliphatic carbocycles. The van der Waals surface area contributed by atoms with Gasteiger partial charge in [0.2, 0.25) is 0 Å². The number of phosphoric ester groups is 1. The van der Waals surface area contributed by atoms with Gasteiger partial charge in [-0.3, -0.25) is 32.8 Å². The zero-order valence-electron chi connectivity index (χ0n) is 17.0. The summed E-state index contributed by atoms with van der Waals surface area (Å²) in [4.78, 5) is 76.7. The molecule has 0 aromatic carbocycles. The second-order valence-corrected chi connectivity index (χ2v) is 9.78. The topological polar surface area (TPSA) is 253 Å². The van der Waals surface area contributed by atoms with Crippen LogP contribution in [0.3, 0.4) is 0 Å². The first kappa shape index (κ1) is 27.0. The number of ether oxygens (including phenoxy) is 2. The SMILES string of the molecule is CO[C@H]1C(OP(C)(=O)O)[C@@H](C(=O)N[C@H](COP(=O)(O)O)C(=O)O)O[C@H]1n1ccc(=O)[nH]c1=O. The number of H-pyrrole nitrogens is 1. The van der Waals surface area contributed by atoms with Crippen molar-refractivity contribution in [2.75, 3.05) is 20.4 Å². The van der Waals surface area contributed by atoms with Gasteiger partial charge in [-0.05, 0) is 0 Å². The molecule has 6 atom stereocenters. The maximum atomic E-state index is 12.8. The van der Waals surface area contributed by atoms with Gasteiger partial charge in [0.05, 0.1) is 6.61 Å². The number of methoxy groups -OCH3 is 1. The van der Waals surface area contributed by atoms with E-state index in [1.165, 1.54) is 0 Å². The number of nitrogens with zero attached hydrogens (tertiary/aromatic N) is 1. The van der Waals surface area contributed by atoms with Crippen LogP contribution in [0.25, 0.3) is 0 Å². The van der Waals surface area contributed by atoms with Crippen LogP contribution in [0.5, 0.6) is 0 Å². The fourth-order valence-corrected chi connectivity index (χ4v) is 3.92. The van der Waals surface area contributed by atoms with E-state index < -0.39 is 75.7 Å². The summed E-state index contributed by atoms with van der Waals surface area (Å²) in [5.41, 5.74) is -1.72. The number of carboxylic acids is 1. The van der Waals surface area contributed by atoms with Crippen LogP contribution in [0, 0.1) is 0 Å². The molecule has 1 fully saturated rings. The maximum absolute atomic E-state index is 12.8. The summed E-state index contributed by atoms with van der Waals surface area (Å²) in [5, 5.41) is 11.1. The minimum atomic E-state index is -5.07. The van der Waals surface area contributed by atoms with Gasteiger partial charge in [0.15, 0.2) is 18.4 Å². The quantitative estimate of drug-likeness (QED) is 0.173. The normalized spacial score (nSPS) is 25.8. The van der Waals surface area contributed by atoms with Gasteiger partial charge in [-0.1, -0.05) is 0 Å². The van der Waals surface area contributed by atoms with E-state index in [0.717, 1.165) is 30.6 Å². The molecule has 1 aromatic rings. The first-order valence-electron chi connectivity index (χ1n) is 8.84. The van der Waals surface area contributed by atoms with Crippen molar-refractivity contribution in [1.82, 2.24) is 14.9 Å². The van der Waals surface area contributed by atoms with Gasteiger partial charge in [-0.25, -0.2) is 14.2 Å². The van der Waals surface area contributed by atoms with E-state index >= 15 is 0 Å². The Morgan fingerprint density at radius 1 is 1.27 bits per heavy atom. The van der Waals surface area contributed by atoms with E-state index in [1.807, 2.05) is 10.3 Å². The molecule has 19 heteroatoms. The molecule has 2 unspecified atom stereocenters. The molecule has 2 heterocycles. The smallest absolute Gasteiger partial charge is 0.469 e. The minimum absolute atomic E-state index is 0.743. The number of aromatic amines is 1. The number of carbonyl (C=O) groups excluding carboxylic acids is 1. The molecular weight excluding hydrogens is 496 g/mol. The second kappa shape index (κ2) is 10.4. The van der Waals surface area contributed by atoms with Crippen molar-refractivity contribution < 1.29 is 57.0 Å². The van der Waals surface area contributed by atoms with Gasteiger partial charge in [-0.2, -0.15) is 0 Å². The van der Waals surface area contributed by atoms with Gasteiger partial charge >= 0.3 is 27.1 Å². The molecule has 33 heavy (non-hydrogen) atoms. The monoisotopic (exact) mass is 517 g/mol. The third-order valence-electron chi connectivity index (χ3n) is 4.19. The molecule has 1 saturated heterocycles. The average molecular weight is 517 g/mol. The van der Waals surface area contributed by atoms with E-state index in [4.69, 9.17) is 23.8 Å². The highest BCUT2D eigenvalue weighted by Crippen LogP contribution is 2.45. The number of carbonyl (C=O) groups is 2. The summed E-state index contributed by atoms with van der Waals surface area (Å²) in [6, 6.07) is -1.01. The lowest BCUT2D eigenvalue weighted by Crippen LogP contribution is -2.51. The molecule has 0 bridgehead atoms. The van der Waals surface area contributed by atoms with Crippen molar-refractivity contribution in [3.63, 3.8) is 0 Å². The largest absolute Gasteiger partial charge is 0.480 e. The van der Waals surface area contributed by atoms with Gasteiger partial charge in [-0.15, -0.1) is 0 Å². The van der Waals surface area contributed by atoms with Crippen LogP contribution in [0.4, 0.5) is 0 Å². The first-order chi connectivity index (χ1) is 15.1. The number of amides is 1. The van der Waals surface area contributed by atoms with Crippen molar-refractivity contribution in [2.24, 2.45) is 0 Å². The summed E-state index contributed by atoms with van der Waals surface area (Å²) >= 11 is 0. The molecule has 0 radical (unpaired) electrons. The Balaban J connectivity index is 2.38. The van der Waals surface area contributed by atoms with Gasteiger partial charge in [0.25, 0.3) is 11.5 Å². The number of hydrogen-bond donors (Lipinski definition) is 6. The molecule has 1 aliphatic heterocycles. The molecular formula is C14H21N3O14P2. The minimum Gasteiger partial charge on any atom is -0.480 e. The Morgan fingerprint density at radius 3 is 2.39 bits per heavy atom. The van der Waals surface area contributed by atoms with E-state index in [-0.39, 0.29) is 0 Å². The van der Waals surface area contributed by atoms with E-state index in [9.17, 15) is 38.3 Å². The third-order valence-corrected chi connectivity index (χ3v) is 5.31. The van der Waals surface area contributed by atoms with Crippen LogP contribution >= 0.6 is 15.4 Å². The highest BCUT2D eigenvalue weighted by Gasteiger charge is 2.52. The standard InChI is InChI=1S/C14H21N3O14P2/c1-28-10-8(31-32(2,23)24)9(30-12(10)17-4-3-7(18)16-14(17)22)11(19)15-6(13(20)21)5-29-33(25,26)27/h3-4,6,8-10,12H,5H2,1-2H3,(H,15,19)(H,20,21)(H,23,24)(H,16,18,22)(H2,25,26,27)/t6-,8?,9+,10+,12-/m1/s1. The third kappa shape index (κ3) is 7.40. The van der Waals surface area contributed by atoms with Gasteiger partial charge in [0.1, 0.15) is 12.2 Å². The Labute approximate surface area is 184 Å². The fraction of sp³-hybridized carbons (Fsp3) is 0.571. The number of nitrogens with one attached hydrogen (secondary N) is 2. The van der Waals surface area contributed by atoms with Crippen molar-refractivity contribution >= 4 is 27.3 Å². The molecule has 1 amide bonds. The van der Waals surface area contributed by atoms with Gasteiger partial charge < -0.3 is 34.6 Å². The van der Waals surface area contributed by atoms with Crippen LogP contribution < -0.4 is 16.6 Å². The van der Waals surface area contributed by atoms with E-state index in [0.29, 0.717) is 0 Å². The van der Waals surface area contributed by atoms with Crippen LogP contribution in [0.15, 0.2) is 21.9 Å². The summed E-state index contributed by atoms with van der Waals surface area (Å²) in [6.45, 7) is -0.339. The highest BCUT2D eigenvalue weighted by atomic mass is 31.2. The second-order valence-electron chi connectivity index (χ2n) is 6.72. The van der Waals surface area contributed by atoms with Crippen LogP contribution in [0.1, 0.15) is 6.23 Å². The Kier molecular flexibility index (Phi) is 8.51. The summed E-state index contributed by atoms with van der Waals surface area (Å²) in [5.74, 6) is -2.98. The lowest BCUT2D eigenvalue weighted by atomic mass is 10.1. The average Bonchev–Trinajstić information content (AvgIpc) is 3.00. The van der Waals surface area contributed by atoms with Crippen molar-refractivity contribution in [1.29, 1.82) is 0 Å². The van der Waals surface area contributed by atoms with Crippen molar-refractivity contribution in [3.8, 4) is 0 Å². The predicted octanol–water partition coefficient (Wildman–Crippen LogP) is -2.67. The predicted molar refractivity (Wildman–Crippen MR) is 104 cm³/mol. The molecule has 2 rings (SSSR count). The van der Waals surface area contributed by atoms with Crippen LogP contribution in [-0.4, -0.2) is 85.9 Å². The lowest BCUT2D eigenvalue weighted by molar-refractivity contribution is -0.147. The molecule has 1 aromatic heterocycles. The number of rotatable bonds is 10. The zero-order valence-corrected chi connectivity index (χ0v) is 18.8. The lowest BCUT2D eigenvalue weighted by Gasteiger charge is -2.24. The number of carboxylic acid groups (broad SMARTS) is 1. The number of hydrogen-bond acceptors (Lipinski definition) is 10. The van der Waals surface area contributed by atoms with Crippen LogP contribution in [-0.2, 0) is 37.2 Å².